The Balaban J connectivity index is 1.69. The number of carboxylic acids is 1. The third-order valence-electron chi connectivity index (χ3n) is 4.06. The molecule has 8 heteroatoms. The minimum Gasteiger partial charge on any atom is -0.497 e. The van der Waals surface area contributed by atoms with Crippen molar-refractivity contribution in [3.63, 3.8) is 0 Å². The van der Waals surface area contributed by atoms with Gasteiger partial charge >= 0.3 is 5.97 Å². The fourth-order valence-corrected chi connectivity index (χ4v) is 3.36. The lowest BCUT2D eigenvalue weighted by Gasteiger charge is -2.13. The molecule has 0 bridgehead atoms. The van der Waals surface area contributed by atoms with Gasteiger partial charge in [-0.25, -0.2) is 9.79 Å². The normalized spacial score (nSPS) is 17.2. The number of amidine groups is 1. The number of thioether (sulfide) groups is 1. The zero-order chi connectivity index (χ0) is 20.8. The number of aliphatic imine (C=N–C) groups is 1. The van der Waals surface area contributed by atoms with Gasteiger partial charge in [0.25, 0.3) is 5.91 Å². The minimum absolute atomic E-state index is 0.223. The van der Waals surface area contributed by atoms with Crippen molar-refractivity contribution in [3.05, 3.63) is 59.0 Å². The van der Waals surface area contributed by atoms with Gasteiger partial charge in [0.15, 0.2) is 11.3 Å². The minimum atomic E-state index is -0.999. The van der Waals surface area contributed by atoms with Crippen LogP contribution in [0.1, 0.15) is 18.9 Å². The summed E-state index contributed by atoms with van der Waals surface area (Å²) in [5.41, 5.74) is 1.50. The Morgan fingerprint density at radius 3 is 2.41 bits per heavy atom. The van der Waals surface area contributed by atoms with E-state index in [1.165, 1.54) is 11.8 Å². The van der Waals surface area contributed by atoms with E-state index in [-0.39, 0.29) is 5.91 Å². The summed E-state index contributed by atoms with van der Waals surface area (Å²) in [5.74, 6) is -0.0220. The van der Waals surface area contributed by atoms with Crippen molar-refractivity contribution in [1.29, 1.82) is 0 Å². The Morgan fingerprint density at radius 2 is 1.83 bits per heavy atom. The number of carbonyl (C=O) groups is 2. The number of hydrogen-bond acceptors (Lipinski definition) is 6. The molecule has 1 amide bonds. The molecule has 0 radical (unpaired) electrons. The molecule has 0 aliphatic carbocycles. The average Bonchev–Trinajstić information content (AvgIpc) is 3.06. The van der Waals surface area contributed by atoms with E-state index < -0.39 is 12.1 Å². The summed E-state index contributed by atoms with van der Waals surface area (Å²) in [6, 6.07) is 14.1. The van der Waals surface area contributed by atoms with Crippen molar-refractivity contribution in [2.75, 3.05) is 7.11 Å². The van der Waals surface area contributed by atoms with Crippen LogP contribution in [-0.2, 0) is 9.59 Å². The first-order valence-electron chi connectivity index (χ1n) is 8.91. The van der Waals surface area contributed by atoms with Gasteiger partial charge in [-0.15, -0.1) is 0 Å². The van der Waals surface area contributed by atoms with E-state index in [4.69, 9.17) is 14.6 Å². The zero-order valence-electron chi connectivity index (χ0n) is 15.9. The van der Waals surface area contributed by atoms with Crippen molar-refractivity contribution < 1.29 is 24.2 Å². The van der Waals surface area contributed by atoms with Crippen molar-refractivity contribution in [2.45, 2.75) is 19.4 Å². The molecule has 2 aromatic carbocycles. The molecule has 0 spiro atoms. The highest BCUT2D eigenvalue weighted by molar-refractivity contribution is 8.18. The predicted molar refractivity (Wildman–Crippen MR) is 113 cm³/mol. The van der Waals surface area contributed by atoms with E-state index in [1.54, 1.807) is 68.6 Å². The highest BCUT2D eigenvalue weighted by Gasteiger charge is 2.24. The topological polar surface area (TPSA) is 97.2 Å². The molecule has 2 aromatic rings. The van der Waals surface area contributed by atoms with Crippen molar-refractivity contribution in [3.8, 4) is 11.5 Å². The van der Waals surface area contributed by atoms with Gasteiger partial charge in [0, 0.05) is 0 Å². The number of carbonyl (C=O) groups excluding carboxylic acids is 1. The van der Waals surface area contributed by atoms with E-state index in [2.05, 4.69) is 10.3 Å². The van der Waals surface area contributed by atoms with Gasteiger partial charge in [-0.1, -0.05) is 19.1 Å². The fraction of sp³-hybridized carbons (Fsp3) is 0.190. The molecule has 29 heavy (non-hydrogen) atoms. The Bertz CT molecular complexity index is 952. The molecular weight excluding hydrogens is 392 g/mol. The van der Waals surface area contributed by atoms with E-state index in [0.29, 0.717) is 27.9 Å². The second-order valence-electron chi connectivity index (χ2n) is 6.10. The Kier molecular flexibility index (Phi) is 6.56. The lowest BCUT2D eigenvalue weighted by molar-refractivity contribution is -0.145. The smallest absolute Gasteiger partial charge is 0.344 e. The quantitative estimate of drug-likeness (QED) is 0.671. The number of benzene rings is 2. The van der Waals surface area contributed by atoms with Crippen LogP contribution in [0.3, 0.4) is 0 Å². The third kappa shape index (κ3) is 5.39. The van der Waals surface area contributed by atoms with Gasteiger partial charge in [0.05, 0.1) is 17.7 Å². The molecule has 7 nitrogen and oxygen atoms in total. The van der Waals surface area contributed by atoms with Crippen LogP contribution in [0.5, 0.6) is 11.5 Å². The van der Waals surface area contributed by atoms with Crippen LogP contribution < -0.4 is 14.8 Å². The first-order chi connectivity index (χ1) is 14.0. The van der Waals surface area contributed by atoms with E-state index >= 15 is 0 Å². The highest BCUT2D eigenvalue weighted by atomic mass is 32.2. The van der Waals surface area contributed by atoms with Crippen LogP contribution in [0.25, 0.3) is 6.08 Å². The van der Waals surface area contributed by atoms with Crippen LogP contribution in [0.2, 0.25) is 0 Å². The number of aliphatic carboxylic acids is 1. The zero-order valence-corrected chi connectivity index (χ0v) is 16.7. The fourth-order valence-electron chi connectivity index (χ4n) is 2.52. The molecule has 1 fully saturated rings. The monoisotopic (exact) mass is 412 g/mol. The number of ether oxygens (including phenoxy) is 2. The summed E-state index contributed by atoms with van der Waals surface area (Å²) in [5, 5.41) is 12.3. The Labute approximate surface area is 172 Å². The molecule has 1 atom stereocenters. The van der Waals surface area contributed by atoms with Crippen molar-refractivity contribution in [2.24, 2.45) is 4.99 Å². The van der Waals surface area contributed by atoms with Gasteiger partial charge in [-0.3, -0.25) is 4.79 Å². The molecule has 0 aromatic heterocycles. The van der Waals surface area contributed by atoms with Gasteiger partial charge < -0.3 is 19.9 Å². The van der Waals surface area contributed by atoms with Crippen LogP contribution in [0, 0.1) is 0 Å². The van der Waals surface area contributed by atoms with Gasteiger partial charge in [-0.05, 0) is 66.2 Å². The highest BCUT2D eigenvalue weighted by Crippen LogP contribution is 2.29. The van der Waals surface area contributed by atoms with Crippen LogP contribution in [0.15, 0.2) is 58.4 Å². The molecule has 1 saturated heterocycles. The maximum absolute atomic E-state index is 12.2. The maximum Gasteiger partial charge on any atom is 0.344 e. The molecule has 1 aliphatic heterocycles. The number of carboxylic acid groups (broad SMARTS) is 1. The third-order valence-corrected chi connectivity index (χ3v) is 4.97. The lowest BCUT2D eigenvalue weighted by atomic mass is 10.2. The molecular formula is C21H20N2O5S. The molecule has 1 unspecified atom stereocenters. The predicted octanol–water partition coefficient (Wildman–Crippen LogP) is 3.83. The number of methoxy groups -OCH3 is 1. The van der Waals surface area contributed by atoms with E-state index in [1.807, 2.05) is 0 Å². The van der Waals surface area contributed by atoms with Crippen molar-refractivity contribution in [1.82, 2.24) is 5.32 Å². The Hall–Kier alpha value is -3.26. The summed E-state index contributed by atoms with van der Waals surface area (Å²) < 4.78 is 10.6. The molecule has 150 valence electrons. The van der Waals surface area contributed by atoms with Gasteiger partial charge in [0.2, 0.25) is 0 Å². The SMILES string of the molecule is CCC(Oc1ccc(/C=C2/SC(=Nc3ccc(OC)cc3)NC2=O)cc1)C(=O)O. The average molecular weight is 412 g/mol. The van der Waals surface area contributed by atoms with Gasteiger partial charge in [-0.2, -0.15) is 0 Å². The largest absolute Gasteiger partial charge is 0.497 e. The summed E-state index contributed by atoms with van der Waals surface area (Å²) in [6.45, 7) is 1.75. The van der Waals surface area contributed by atoms with Crippen molar-refractivity contribution >= 4 is 40.6 Å². The van der Waals surface area contributed by atoms with E-state index in [9.17, 15) is 9.59 Å². The van der Waals surface area contributed by atoms with E-state index in [0.717, 1.165) is 11.3 Å². The first kappa shape index (κ1) is 20.5. The number of nitrogens with zero attached hydrogens (tertiary/aromatic N) is 1. The standard InChI is InChI=1S/C21H20N2O5S/c1-3-17(20(25)26)28-16-8-4-13(5-9-16)12-18-19(24)23-21(29-18)22-14-6-10-15(27-2)11-7-14/h4-12,17H,3H2,1-2H3,(H,25,26)(H,22,23,24)/b18-12+. The second-order valence-corrected chi connectivity index (χ2v) is 7.13. The number of hydrogen-bond donors (Lipinski definition) is 2. The lowest BCUT2D eigenvalue weighted by Crippen LogP contribution is -2.25. The molecule has 0 saturated carbocycles. The molecule has 1 heterocycles. The van der Waals surface area contributed by atoms with Crippen LogP contribution in [0.4, 0.5) is 5.69 Å². The number of nitrogens with one attached hydrogen (secondary N) is 1. The molecule has 2 N–H and O–H groups in total. The first-order valence-corrected chi connectivity index (χ1v) is 9.73. The number of amides is 1. The summed E-state index contributed by atoms with van der Waals surface area (Å²) >= 11 is 1.25. The maximum atomic E-state index is 12.2. The molecule has 1 aliphatic rings. The summed E-state index contributed by atoms with van der Waals surface area (Å²) in [7, 11) is 1.60. The summed E-state index contributed by atoms with van der Waals surface area (Å²) in [6.07, 6.45) is 1.23. The van der Waals surface area contributed by atoms with Crippen LogP contribution in [-0.4, -0.2) is 35.4 Å². The Morgan fingerprint density at radius 1 is 1.17 bits per heavy atom. The summed E-state index contributed by atoms with van der Waals surface area (Å²) in [4.78, 5) is 28.2. The van der Waals surface area contributed by atoms with Gasteiger partial charge in [0.1, 0.15) is 11.5 Å². The van der Waals surface area contributed by atoms with Crippen LogP contribution >= 0.6 is 11.8 Å². The molecule has 3 rings (SSSR count). The number of rotatable bonds is 7. The second kappa shape index (κ2) is 9.29.